The smallest absolute Gasteiger partial charge is 0.294 e. The highest BCUT2D eigenvalue weighted by Crippen LogP contribution is 2.29. The molecule has 0 saturated heterocycles. The van der Waals surface area contributed by atoms with Gasteiger partial charge in [-0.15, -0.1) is 0 Å². The van der Waals surface area contributed by atoms with Gasteiger partial charge in [0.05, 0.1) is 5.56 Å². The van der Waals surface area contributed by atoms with Gasteiger partial charge in [-0.05, 0) is 37.6 Å². The lowest BCUT2D eigenvalue weighted by molar-refractivity contribution is -0.137. The molecule has 1 aromatic carbocycles. The molecule has 0 heterocycles. The number of alkyl halides is 3. The fraction of sp³-hybridized carbons (Fsp3) is 0.308. The van der Waals surface area contributed by atoms with E-state index >= 15 is 0 Å². The van der Waals surface area contributed by atoms with Crippen LogP contribution in [0.4, 0.5) is 13.2 Å². The van der Waals surface area contributed by atoms with Crippen molar-refractivity contribution in [2.24, 2.45) is 0 Å². The highest BCUT2D eigenvalue weighted by molar-refractivity contribution is 5.91. The van der Waals surface area contributed by atoms with Crippen LogP contribution >= 0.6 is 0 Å². The predicted molar refractivity (Wildman–Crippen MR) is 59.6 cm³/mol. The van der Waals surface area contributed by atoms with Crippen LogP contribution in [0, 0.1) is 0 Å². The van der Waals surface area contributed by atoms with E-state index in [0.29, 0.717) is 5.56 Å². The minimum atomic E-state index is -4.33. The second kappa shape index (κ2) is 5.17. The Bertz CT molecular complexity index is 423. The molecule has 0 N–H and O–H groups in total. The molecule has 0 fully saturated rings. The summed E-state index contributed by atoms with van der Waals surface area (Å²) < 4.78 is 36.8. The van der Waals surface area contributed by atoms with Gasteiger partial charge in [0.1, 0.15) is 0 Å². The maximum absolute atomic E-state index is 12.3. The fourth-order valence-electron chi connectivity index (χ4n) is 1.39. The SMILES string of the molecule is CC(C)=CC(=O)Cc1ccc(C(F)(F)F)cc1. The van der Waals surface area contributed by atoms with Crippen molar-refractivity contribution < 1.29 is 18.0 Å². The summed E-state index contributed by atoms with van der Waals surface area (Å²) >= 11 is 0. The molecule has 92 valence electrons. The van der Waals surface area contributed by atoms with Crippen molar-refractivity contribution in [1.82, 2.24) is 0 Å². The largest absolute Gasteiger partial charge is 0.416 e. The van der Waals surface area contributed by atoms with Gasteiger partial charge >= 0.3 is 6.18 Å². The topological polar surface area (TPSA) is 17.1 Å². The lowest BCUT2D eigenvalue weighted by Crippen LogP contribution is -2.05. The molecule has 0 atom stereocenters. The highest BCUT2D eigenvalue weighted by Gasteiger charge is 2.29. The molecular formula is C13H13F3O. The molecule has 1 aromatic rings. The number of ketones is 1. The number of allylic oxidation sites excluding steroid dienone is 2. The van der Waals surface area contributed by atoms with Crippen molar-refractivity contribution in [2.45, 2.75) is 26.4 Å². The van der Waals surface area contributed by atoms with Crippen LogP contribution in [-0.2, 0) is 17.4 Å². The van der Waals surface area contributed by atoms with E-state index in [9.17, 15) is 18.0 Å². The van der Waals surface area contributed by atoms with Gasteiger partial charge in [0.25, 0.3) is 0 Å². The summed E-state index contributed by atoms with van der Waals surface area (Å²) in [5, 5.41) is 0. The molecule has 0 unspecified atom stereocenters. The van der Waals surface area contributed by atoms with Crippen molar-refractivity contribution in [3.8, 4) is 0 Å². The summed E-state index contributed by atoms with van der Waals surface area (Å²) in [7, 11) is 0. The zero-order valence-electron chi connectivity index (χ0n) is 9.64. The Morgan fingerprint density at radius 2 is 1.71 bits per heavy atom. The Balaban J connectivity index is 2.76. The van der Waals surface area contributed by atoms with Crippen LogP contribution in [0.2, 0.25) is 0 Å². The average Bonchev–Trinajstić information content (AvgIpc) is 2.15. The van der Waals surface area contributed by atoms with Crippen LogP contribution < -0.4 is 0 Å². The number of hydrogen-bond acceptors (Lipinski definition) is 1. The molecule has 17 heavy (non-hydrogen) atoms. The van der Waals surface area contributed by atoms with E-state index in [4.69, 9.17) is 0 Å². The van der Waals surface area contributed by atoms with Gasteiger partial charge < -0.3 is 0 Å². The summed E-state index contributed by atoms with van der Waals surface area (Å²) in [5.74, 6) is -0.107. The lowest BCUT2D eigenvalue weighted by atomic mass is 10.1. The zero-order chi connectivity index (χ0) is 13.1. The molecule has 0 saturated carbocycles. The van der Waals surface area contributed by atoms with Crippen LogP contribution in [0.25, 0.3) is 0 Å². The van der Waals surface area contributed by atoms with Crippen molar-refractivity contribution in [3.63, 3.8) is 0 Å². The second-order valence-electron chi connectivity index (χ2n) is 4.06. The monoisotopic (exact) mass is 242 g/mol. The minimum Gasteiger partial charge on any atom is -0.294 e. The molecule has 0 aliphatic carbocycles. The second-order valence-corrected chi connectivity index (χ2v) is 4.06. The number of benzene rings is 1. The van der Waals surface area contributed by atoms with Gasteiger partial charge in [0.2, 0.25) is 0 Å². The Hall–Kier alpha value is -1.58. The summed E-state index contributed by atoms with van der Waals surface area (Å²) in [6.45, 7) is 3.59. The zero-order valence-corrected chi connectivity index (χ0v) is 9.64. The summed E-state index contributed by atoms with van der Waals surface area (Å²) in [5.41, 5.74) is 0.762. The van der Waals surface area contributed by atoms with Crippen LogP contribution in [0.5, 0.6) is 0 Å². The van der Waals surface area contributed by atoms with Gasteiger partial charge in [-0.1, -0.05) is 17.7 Å². The van der Waals surface area contributed by atoms with Gasteiger partial charge in [-0.25, -0.2) is 0 Å². The Morgan fingerprint density at radius 1 is 1.18 bits per heavy atom. The molecule has 0 radical (unpaired) electrons. The molecule has 0 amide bonds. The summed E-state index contributed by atoms with van der Waals surface area (Å²) in [6, 6.07) is 4.65. The van der Waals surface area contributed by atoms with Gasteiger partial charge in [0.15, 0.2) is 5.78 Å². The molecule has 4 heteroatoms. The first-order chi connectivity index (χ1) is 7.79. The predicted octanol–water partition coefficient (Wildman–Crippen LogP) is 3.78. The maximum atomic E-state index is 12.3. The van der Waals surface area contributed by atoms with Crippen LogP contribution in [-0.4, -0.2) is 5.78 Å². The molecular weight excluding hydrogens is 229 g/mol. The third-order valence-corrected chi connectivity index (χ3v) is 2.11. The Morgan fingerprint density at radius 3 is 2.12 bits per heavy atom. The Kier molecular flexibility index (Phi) is 4.10. The van der Waals surface area contributed by atoms with E-state index in [-0.39, 0.29) is 12.2 Å². The fourth-order valence-corrected chi connectivity index (χ4v) is 1.39. The molecule has 0 aromatic heterocycles. The molecule has 1 rings (SSSR count). The molecule has 0 aliphatic rings. The lowest BCUT2D eigenvalue weighted by Gasteiger charge is -2.06. The van der Waals surface area contributed by atoms with Gasteiger partial charge in [-0.3, -0.25) is 4.79 Å². The van der Waals surface area contributed by atoms with Gasteiger partial charge in [-0.2, -0.15) is 13.2 Å². The summed E-state index contributed by atoms with van der Waals surface area (Å²) in [6.07, 6.45) is -2.72. The van der Waals surface area contributed by atoms with E-state index < -0.39 is 11.7 Å². The normalized spacial score (nSPS) is 11.1. The molecule has 1 nitrogen and oxygen atoms in total. The van der Waals surface area contributed by atoms with E-state index in [0.717, 1.165) is 17.7 Å². The highest BCUT2D eigenvalue weighted by atomic mass is 19.4. The summed E-state index contributed by atoms with van der Waals surface area (Å²) in [4.78, 5) is 11.4. The first kappa shape index (κ1) is 13.5. The number of halogens is 3. The number of carbonyl (C=O) groups is 1. The standard InChI is InChI=1S/C13H13F3O/c1-9(2)7-12(17)8-10-3-5-11(6-4-10)13(14,15)16/h3-7H,8H2,1-2H3. The van der Waals surface area contributed by atoms with E-state index in [2.05, 4.69) is 0 Å². The first-order valence-electron chi connectivity index (χ1n) is 5.13. The van der Waals surface area contributed by atoms with Gasteiger partial charge in [0, 0.05) is 6.42 Å². The number of hydrogen-bond donors (Lipinski definition) is 0. The quantitative estimate of drug-likeness (QED) is 0.737. The number of rotatable bonds is 3. The third-order valence-electron chi connectivity index (χ3n) is 2.11. The van der Waals surface area contributed by atoms with Crippen LogP contribution in [0.3, 0.4) is 0 Å². The average molecular weight is 242 g/mol. The van der Waals surface area contributed by atoms with E-state index in [1.165, 1.54) is 18.2 Å². The molecule has 0 spiro atoms. The Labute approximate surface area is 98.0 Å². The van der Waals surface area contributed by atoms with Crippen molar-refractivity contribution in [3.05, 3.63) is 47.0 Å². The van der Waals surface area contributed by atoms with Crippen LogP contribution in [0.15, 0.2) is 35.9 Å². The molecule has 0 aliphatic heterocycles. The van der Waals surface area contributed by atoms with Crippen LogP contribution in [0.1, 0.15) is 25.0 Å². The first-order valence-corrected chi connectivity index (χ1v) is 5.13. The third kappa shape index (κ3) is 4.43. The van der Waals surface area contributed by atoms with E-state index in [1.54, 1.807) is 13.8 Å². The van der Waals surface area contributed by atoms with E-state index in [1.807, 2.05) is 0 Å². The van der Waals surface area contributed by atoms with Crippen molar-refractivity contribution >= 4 is 5.78 Å². The minimum absolute atomic E-state index is 0.107. The van der Waals surface area contributed by atoms with Crippen molar-refractivity contribution in [1.29, 1.82) is 0 Å². The van der Waals surface area contributed by atoms with Crippen molar-refractivity contribution in [2.75, 3.05) is 0 Å². The molecule has 0 bridgehead atoms. The number of carbonyl (C=O) groups excluding carboxylic acids is 1. The maximum Gasteiger partial charge on any atom is 0.416 e.